The van der Waals surface area contributed by atoms with E-state index >= 15 is 0 Å². The van der Waals surface area contributed by atoms with E-state index in [1.807, 2.05) is 35.9 Å². The van der Waals surface area contributed by atoms with E-state index in [0.717, 1.165) is 34.8 Å². The summed E-state index contributed by atoms with van der Waals surface area (Å²) < 4.78 is 2.04. The number of anilines is 1. The highest BCUT2D eigenvalue weighted by atomic mass is 35.5. The zero-order valence-corrected chi connectivity index (χ0v) is 17.3. The van der Waals surface area contributed by atoms with Gasteiger partial charge in [0, 0.05) is 21.2 Å². The second-order valence-corrected chi connectivity index (χ2v) is 8.57. The lowest BCUT2D eigenvalue weighted by Gasteiger charge is -2.14. The van der Waals surface area contributed by atoms with Gasteiger partial charge in [-0.3, -0.25) is 4.79 Å². The number of rotatable bonds is 3. The highest BCUT2D eigenvalue weighted by Gasteiger charge is 2.27. The molecular formula is C23H18ClN3OS. The lowest BCUT2D eigenvalue weighted by atomic mass is 9.95. The fourth-order valence-corrected chi connectivity index (χ4v) is 5.15. The van der Waals surface area contributed by atoms with Crippen LogP contribution in [0.4, 0.5) is 5.69 Å². The molecule has 0 radical (unpaired) electrons. The molecular weight excluding hydrogens is 402 g/mol. The summed E-state index contributed by atoms with van der Waals surface area (Å²) in [6.07, 6.45) is 1.82. The fraction of sp³-hybridized carbons (Fsp3) is 0.130. The zero-order chi connectivity index (χ0) is 20.0. The maximum atomic E-state index is 12.8. The van der Waals surface area contributed by atoms with Gasteiger partial charge >= 0.3 is 0 Å². The van der Waals surface area contributed by atoms with E-state index < -0.39 is 0 Å². The Kier molecular flexibility index (Phi) is 4.49. The van der Waals surface area contributed by atoms with E-state index in [1.54, 1.807) is 24.3 Å². The maximum Gasteiger partial charge on any atom is 0.265 e. The van der Waals surface area contributed by atoms with Crippen LogP contribution in [-0.4, -0.2) is 15.7 Å². The van der Waals surface area contributed by atoms with E-state index in [1.165, 1.54) is 28.2 Å². The number of carbonyl (C=O) groups is 1. The van der Waals surface area contributed by atoms with Crippen LogP contribution in [0.25, 0.3) is 16.1 Å². The Labute approximate surface area is 177 Å². The van der Waals surface area contributed by atoms with Crippen LogP contribution in [0.1, 0.15) is 26.6 Å². The Hall–Kier alpha value is -2.89. The van der Waals surface area contributed by atoms with Gasteiger partial charge in [-0.1, -0.05) is 29.8 Å². The van der Waals surface area contributed by atoms with Crippen molar-refractivity contribution >= 4 is 34.5 Å². The Balaban J connectivity index is 1.50. The van der Waals surface area contributed by atoms with Gasteiger partial charge in [-0.25, -0.2) is 4.68 Å². The summed E-state index contributed by atoms with van der Waals surface area (Å²) in [7, 11) is 0. The molecule has 0 fully saturated rings. The molecule has 6 heteroatoms. The summed E-state index contributed by atoms with van der Waals surface area (Å²) in [5.41, 5.74) is 6.41. The molecule has 0 atom stereocenters. The molecule has 0 aliphatic heterocycles. The predicted octanol–water partition coefficient (Wildman–Crippen LogP) is 5.91. The molecule has 2 heterocycles. The first-order chi connectivity index (χ1) is 14.1. The Morgan fingerprint density at radius 1 is 1.10 bits per heavy atom. The van der Waals surface area contributed by atoms with E-state index in [2.05, 4.69) is 17.4 Å². The fourth-order valence-electron chi connectivity index (χ4n) is 3.80. The van der Waals surface area contributed by atoms with Crippen LogP contribution in [0, 0.1) is 6.92 Å². The minimum absolute atomic E-state index is 0.0959. The molecule has 0 saturated heterocycles. The molecule has 4 nitrogen and oxygen atoms in total. The van der Waals surface area contributed by atoms with Crippen LogP contribution in [0.3, 0.4) is 0 Å². The van der Waals surface area contributed by atoms with Gasteiger partial charge in [-0.05, 0) is 67.8 Å². The third kappa shape index (κ3) is 3.26. The first kappa shape index (κ1) is 18.2. The molecule has 2 aromatic heterocycles. The summed E-state index contributed by atoms with van der Waals surface area (Å²) in [6, 6.07) is 19.4. The SMILES string of the molecule is Cc1nn(-c2ccccc2)c2c1-c1sc(C(=O)Nc3ccc(Cl)cc3)cc1CC2. The molecule has 0 unspecified atom stereocenters. The quantitative estimate of drug-likeness (QED) is 0.448. The van der Waals surface area contributed by atoms with Crippen molar-refractivity contribution in [3.05, 3.63) is 87.5 Å². The van der Waals surface area contributed by atoms with Gasteiger partial charge in [-0.2, -0.15) is 5.10 Å². The number of amides is 1. The van der Waals surface area contributed by atoms with Gasteiger partial charge in [0.15, 0.2) is 0 Å². The van der Waals surface area contributed by atoms with E-state index in [9.17, 15) is 4.79 Å². The summed E-state index contributed by atoms with van der Waals surface area (Å²) in [6.45, 7) is 2.04. The molecule has 0 bridgehead atoms. The molecule has 0 spiro atoms. The molecule has 5 rings (SSSR count). The van der Waals surface area contributed by atoms with Crippen LogP contribution in [0.2, 0.25) is 5.02 Å². The van der Waals surface area contributed by atoms with Crippen molar-refractivity contribution in [1.82, 2.24) is 9.78 Å². The molecule has 0 saturated carbocycles. The molecule has 1 N–H and O–H groups in total. The zero-order valence-electron chi connectivity index (χ0n) is 15.8. The second kappa shape index (κ2) is 7.17. The minimum Gasteiger partial charge on any atom is -0.321 e. The van der Waals surface area contributed by atoms with Crippen LogP contribution >= 0.6 is 22.9 Å². The number of aryl methyl sites for hydroxylation is 2. The number of benzene rings is 2. The number of carbonyl (C=O) groups excluding carboxylic acids is 1. The third-order valence-electron chi connectivity index (χ3n) is 5.15. The summed E-state index contributed by atoms with van der Waals surface area (Å²) in [4.78, 5) is 14.7. The Morgan fingerprint density at radius 3 is 2.62 bits per heavy atom. The van der Waals surface area contributed by atoms with Gasteiger partial charge < -0.3 is 5.32 Å². The van der Waals surface area contributed by atoms with Crippen LogP contribution in [-0.2, 0) is 12.8 Å². The van der Waals surface area contributed by atoms with Crippen LogP contribution in [0.15, 0.2) is 60.7 Å². The average molecular weight is 420 g/mol. The highest BCUT2D eigenvalue weighted by molar-refractivity contribution is 7.17. The number of hydrogen-bond donors (Lipinski definition) is 1. The van der Waals surface area contributed by atoms with E-state index in [-0.39, 0.29) is 5.91 Å². The minimum atomic E-state index is -0.0959. The van der Waals surface area contributed by atoms with Crippen molar-refractivity contribution in [2.24, 2.45) is 0 Å². The number of hydrogen-bond acceptors (Lipinski definition) is 3. The number of nitrogens with zero attached hydrogens (tertiary/aromatic N) is 2. The molecule has 4 aromatic rings. The van der Waals surface area contributed by atoms with Crippen LogP contribution < -0.4 is 5.32 Å². The van der Waals surface area contributed by atoms with Gasteiger partial charge in [0.05, 0.1) is 22.0 Å². The Morgan fingerprint density at radius 2 is 1.86 bits per heavy atom. The molecule has 144 valence electrons. The Bertz CT molecular complexity index is 1210. The largest absolute Gasteiger partial charge is 0.321 e. The molecule has 1 aliphatic carbocycles. The number of fused-ring (bicyclic) bond motifs is 3. The van der Waals surface area contributed by atoms with E-state index in [0.29, 0.717) is 9.90 Å². The standard InChI is InChI=1S/C23H18ClN3OS/c1-14-21-19(27(26-14)18-5-3-2-4-6-18)12-7-15-13-20(29-22(15)21)23(28)25-17-10-8-16(24)9-11-17/h2-6,8-11,13H,7,12H2,1H3,(H,25,28). The summed E-state index contributed by atoms with van der Waals surface area (Å²) in [5.74, 6) is -0.0959. The van der Waals surface area contributed by atoms with Crippen molar-refractivity contribution in [2.45, 2.75) is 19.8 Å². The lowest BCUT2D eigenvalue weighted by Crippen LogP contribution is -2.10. The number of halogens is 1. The third-order valence-corrected chi connectivity index (χ3v) is 6.60. The van der Waals surface area contributed by atoms with Crippen molar-refractivity contribution in [2.75, 3.05) is 5.32 Å². The monoisotopic (exact) mass is 419 g/mol. The van der Waals surface area contributed by atoms with Crippen LogP contribution in [0.5, 0.6) is 0 Å². The number of nitrogens with one attached hydrogen (secondary N) is 1. The van der Waals surface area contributed by atoms with Crippen molar-refractivity contribution < 1.29 is 4.79 Å². The highest BCUT2D eigenvalue weighted by Crippen LogP contribution is 2.42. The summed E-state index contributed by atoms with van der Waals surface area (Å²) >= 11 is 7.46. The smallest absolute Gasteiger partial charge is 0.265 e. The molecule has 1 aliphatic rings. The first-order valence-electron chi connectivity index (χ1n) is 9.44. The van der Waals surface area contributed by atoms with Gasteiger partial charge in [0.25, 0.3) is 5.91 Å². The second-order valence-electron chi connectivity index (χ2n) is 7.08. The van der Waals surface area contributed by atoms with E-state index in [4.69, 9.17) is 16.7 Å². The van der Waals surface area contributed by atoms with Crippen molar-refractivity contribution in [3.8, 4) is 16.1 Å². The lowest BCUT2D eigenvalue weighted by molar-refractivity contribution is 0.103. The number of para-hydroxylation sites is 1. The molecule has 1 amide bonds. The van der Waals surface area contributed by atoms with Gasteiger partial charge in [0.2, 0.25) is 0 Å². The predicted molar refractivity (Wildman–Crippen MR) is 118 cm³/mol. The molecule has 29 heavy (non-hydrogen) atoms. The van der Waals surface area contributed by atoms with Crippen molar-refractivity contribution in [3.63, 3.8) is 0 Å². The molecule has 2 aromatic carbocycles. The van der Waals surface area contributed by atoms with Gasteiger partial charge in [0.1, 0.15) is 0 Å². The van der Waals surface area contributed by atoms with Gasteiger partial charge in [-0.15, -0.1) is 11.3 Å². The normalized spacial score (nSPS) is 12.3. The average Bonchev–Trinajstić information content (AvgIpc) is 3.31. The summed E-state index contributed by atoms with van der Waals surface area (Å²) in [5, 5.41) is 8.40. The topological polar surface area (TPSA) is 46.9 Å². The first-order valence-corrected chi connectivity index (χ1v) is 10.6. The number of aromatic nitrogens is 2. The van der Waals surface area contributed by atoms with Crippen molar-refractivity contribution in [1.29, 1.82) is 0 Å². The number of thiophene rings is 1. The maximum absolute atomic E-state index is 12.8.